The lowest BCUT2D eigenvalue weighted by molar-refractivity contribution is 0.262. The molecule has 0 aliphatic rings. The molecule has 0 unspecified atom stereocenters. The van der Waals surface area contributed by atoms with E-state index >= 15 is 0 Å². The molecule has 0 aliphatic carbocycles. The van der Waals surface area contributed by atoms with Gasteiger partial charge in [0.15, 0.2) is 11.5 Å². The van der Waals surface area contributed by atoms with Crippen LogP contribution in [0, 0.1) is 18.8 Å². The summed E-state index contributed by atoms with van der Waals surface area (Å²) in [6.07, 6.45) is 1.46. The van der Waals surface area contributed by atoms with Gasteiger partial charge in [-0.2, -0.15) is 0 Å². The van der Waals surface area contributed by atoms with Gasteiger partial charge in [-0.05, 0) is 66.5 Å². The van der Waals surface area contributed by atoms with Gasteiger partial charge in [-0.3, -0.25) is 5.32 Å². The van der Waals surface area contributed by atoms with Gasteiger partial charge in [-0.25, -0.2) is 19.7 Å². The average molecular weight is 398 g/mol. The summed E-state index contributed by atoms with van der Waals surface area (Å²) in [5, 5.41) is 8.10. The molecule has 2 heterocycles. The second-order valence-corrected chi connectivity index (χ2v) is 6.81. The van der Waals surface area contributed by atoms with Crippen molar-refractivity contribution in [2.75, 3.05) is 10.6 Å². The Morgan fingerprint density at radius 3 is 2.60 bits per heavy atom. The van der Waals surface area contributed by atoms with Gasteiger partial charge in [0.05, 0.1) is 11.9 Å². The van der Waals surface area contributed by atoms with E-state index < -0.39 is 6.03 Å². The Morgan fingerprint density at radius 2 is 1.80 bits per heavy atom. The molecule has 2 aromatic carbocycles. The summed E-state index contributed by atoms with van der Waals surface area (Å²) in [6, 6.07) is 15.7. The predicted molar refractivity (Wildman–Crippen MR) is 117 cm³/mol. The number of nitrogens with zero attached hydrogens (tertiary/aromatic N) is 4. The van der Waals surface area contributed by atoms with Gasteiger partial charge in [-0.1, -0.05) is 18.2 Å². The molecule has 2 amide bonds. The minimum atomic E-state index is -0.517. The quantitative estimate of drug-likeness (QED) is 0.450. The van der Waals surface area contributed by atoms with E-state index in [9.17, 15) is 9.70 Å². The summed E-state index contributed by atoms with van der Waals surface area (Å²) < 4.78 is 0. The number of nitroso groups, excluding NO2 is 1. The number of fused-ring (bicyclic) bond motifs is 1. The summed E-state index contributed by atoms with van der Waals surface area (Å²) in [5.74, 6) is 0.259. The number of rotatable bonds is 4. The predicted octanol–water partition coefficient (Wildman–Crippen LogP) is 5.35. The van der Waals surface area contributed by atoms with Crippen LogP contribution in [-0.4, -0.2) is 21.0 Å². The molecule has 30 heavy (non-hydrogen) atoms. The third-order valence-electron chi connectivity index (χ3n) is 4.66. The molecule has 2 N–H and O–H groups in total. The first-order valence-corrected chi connectivity index (χ1v) is 9.25. The van der Waals surface area contributed by atoms with E-state index in [2.05, 4.69) is 56.7 Å². The molecule has 0 spiro atoms. The highest BCUT2D eigenvalue weighted by Crippen LogP contribution is 2.23. The highest BCUT2D eigenvalue weighted by molar-refractivity contribution is 5.99. The van der Waals surface area contributed by atoms with Crippen LogP contribution in [0.5, 0.6) is 0 Å². The van der Waals surface area contributed by atoms with E-state index in [1.54, 1.807) is 18.2 Å². The van der Waals surface area contributed by atoms with E-state index in [1.807, 2.05) is 18.2 Å². The molecule has 4 rings (SSSR count). The lowest BCUT2D eigenvalue weighted by Gasteiger charge is -2.08. The van der Waals surface area contributed by atoms with Gasteiger partial charge in [0, 0.05) is 11.3 Å². The monoisotopic (exact) mass is 398 g/mol. The largest absolute Gasteiger partial charge is 0.324 e. The average Bonchev–Trinajstić information content (AvgIpc) is 2.75. The zero-order chi connectivity index (χ0) is 21.1. The lowest BCUT2D eigenvalue weighted by atomic mass is 10.0. The number of anilines is 2. The topological polar surface area (TPSA) is 109 Å². The highest BCUT2D eigenvalue weighted by Gasteiger charge is 2.09. The Morgan fingerprint density at radius 1 is 0.933 bits per heavy atom. The molecule has 0 aliphatic heterocycles. The van der Waals surface area contributed by atoms with Crippen LogP contribution in [0.1, 0.15) is 11.1 Å². The molecule has 0 radical (unpaired) electrons. The second kappa shape index (κ2) is 8.04. The number of hydrogen-bond donors (Lipinski definition) is 2. The highest BCUT2D eigenvalue weighted by atomic mass is 16.3. The number of nitrogens with one attached hydrogen (secondary N) is 2. The summed E-state index contributed by atoms with van der Waals surface area (Å²) >= 11 is 0. The Kier molecular flexibility index (Phi) is 5.13. The van der Waals surface area contributed by atoms with Crippen molar-refractivity contribution in [2.24, 2.45) is 5.18 Å². The molecule has 4 aromatic rings. The van der Waals surface area contributed by atoms with Crippen LogP contribution < -0.4 is 10.6 Å². The Labute approximate surface area is 172 Å². The van der Waals surface area contributed by atoms with Crippen molar-refractivity contribution in [3.05, 3.63) is 76.8 Å². The zero-order valence-corrected chi connectivity index (χ0v) is 16.4. The maximum Gasteiger partial charge on any atom is 0.324 e. The molecule has 148 valence electrons. The summed E-state index contributed by atoms with van der Waals surface area (Å²) in [7, 11) is 0. The summed E-state index contributed by atoms with van der Waals surface area (Å²) in [4.78, 5) is 36.2. The number of amides is 2. The lowest BCUT2D eigenvalue weighted by Crippen LogP contribution is -2.20. The summed E-state index contributed by atoms with van der Waals surface area (Å²) in [6.45, 7) is 4.12. The van der Waals surface area contributed by atoms with E-state index in [-0.39, 0.29) is 11.5 Å². The third kappa shape index (κ3) is 4.12. The molecule has 0 saturated carbocycles. The first kappa shape index (κ1) is 19.1. The van der Waals surface area contributed by atoms with Crippen molar-refractivity contribution in [1.82, 2.24) is 15.0 Å². The van der Waals surface area contributed by atoms with Crippen molar-refractivity contribution in [3.63, 3.8) is 0 Å². The zero-order valence-electron chi connectivity index (χ0n) is 16.4. The summed E-state index contributed by atoms with van der Waals surface area (Å²) in [5.41, 5.74) is 5.87. The fourth-order valence-corrected chi connectivity index (χ4v) is 2.94. The van der Waals surface area contributed by atoms with Crippen molar-refractivity contribution in [2.45, 2.75) is 13.8 Å². The van der Waals surface area contributed by atoms with Crippen LogP contribution >= 0.6 is 0 Å². The fraction of sp³-hybridized carbons (Fsp3) is 0.0909. The third-order valence-corrected chi connectivity index (χ3v) is 4.66. The Balaban J connectivity index is 1.56. The number of carbonyl (C=O) groups is 1. The van der Waals surface area contributed by atoms with Crippen molar-refractivity contribution in [1.29, 1.82) is 0 Å². The van der Waals surface area contributed by atoms with Crippen LogP contribution in [0.2, 0.25) is 0 Å². The maximum atomic E-state index is 12.3. The van der Waals surface area contributed by atoms with Gasteiger partial charge in [0.1, 0.15) is 11.2 Å². The first-order chi connectivity index (χ1) is 14.5. The normalized spacial score (nSPS) is 10.6. The Bertz CT molecular complexity index is 1270. The molecule has 8 nitrogen and oxygen atoms in total. The van der Waals surface area contributed by atoms with Crippen LogP contribution in [0.25, 0.3) is 22.4 Å². The van der Waals surface area contributed by atoms with Crippen LogP contribution in [0.15, 0.2) is 66.0 Å². The standard InChI is InChI=1S/C22H18N6O2/c1-13-6-7-15(10-14(13)2)18-8-9-19-21(25-18)26-20(12-23-19)27-22(29)24-16-4-3-5-17(11-16)28-30/h3-12H,1-2H3,(H2,24,25,26,27,29). The van der Waals surface area contributed by atoms with Gasteiger partial charge < -0.3 is 5.32 Å². The number of hydrogen-bond acceptors (Lipinski definition) is 6. The molecule has 0 bridgehead atoms. The van der Waals surface area contributed by atoms with Gasteiger partial charge in [0.25, 0.3) is 0 Å². The molecule has 0 atom stereocenters. The van der Waals surface area contributed by atoms with Crippen LogP contribution in [0.3, 0.4) is 0 Å². The van der Waals surface area contributed by atoms with E-state index in [4.69, 9.17) is 0 Å². The molecule has 0 saturated heterocycles. The second-order valence-electron chi connectivity index (χ2n) is 6.81. The molecule has 2 aromatic heterocycles. The SMILES string of the molecule is Cc1ccc(-c2ccc3ncc(NC(=O)Nc4cccc(N=O)c4)nc3n2)cc1C. The van der Waals surface area contributed by atoms with Crippen molar-refractivity contribution >= 4 is 34.4 Å². The number of carbonyl (C=O) groups excluding carboxylic acids is 1. The van der Waals surface area contributed by atoms with E-state index in [0.717, 1.165) is 11.3 Å². The van der Waals surface area contributed by atoms with E-state index in [1.165, 1.54) is 23.4 Å². The maximum absolute atomic E-state index is 12.3. The molecule has 8 heteroatoms. The van der Waals surface area contributed by atoms with Gasteiger partial charge >= 0.3 is 6.03 Å². The first-order valence-electron chi connectivity index (χ1n) is 9.25. The minimum absolute atomic E-state index is 0.223. The van der Waals surface area contributed by atoms with Gasteiger partial charge in [-0.15, -0.1) is 4.91 Å². The van der Waals surface area contributed by atoms with E-state index in [0.29, 0.717) is 16.9 Å². The molecule has 0 fully saturated rings. The van der Waals surface area contributed by atoms with Crippen molar-refractivity contribution in [3.8, 4) is 11.3 Å². The smallest absolute Gasteiger partial charge is 0.308 e. The molecular weight excluding hydrogens is 380 g/mol. The number of aromatic nitrogens is 3. The fourth-order valence-electron chi connectivity index (χ4n) is 2.94. The van der Waals surface area contributed by atoms with Gasteiger partial charge in [0.2, 0.25) is 0 Å². The van der Waals surface area contributed by atoms with Crippen LogP contribution in [0.4, 0.5) is 22.0 Å². The number of pyridine rings is 1. The number of urea groups is 1. The minimum Gasteiger partial charge on any atom is -0.308 e. The number of aryl methyl sites for hydroxylation is 2. The molecular formula is C22H18N6O2. The number of benzene rings is 2. The Hall–Kier alpha value is -4.20. The van der Waals surface area contributed by atoms with Crippen LogP contribution in [-0.2, 0) is 0 Å². The van der Waals surface area contributed by atoms with Crippen molar-refractivity contribution < 1.29 is 4.79 Å².